The predicted octanol–water partition coefficient (Wildman–Crippen LogP) is 4.81. The molecule has 0 fully saturated rings. The molecule has 0 aliphatic rings. The summed E-state index contributed by atoms with van der Waals surface area (Å²) in [6, 6.07) is 8.61. The second kappa shape index (κ2) is 5.21. The van der Waals surface area contributed by atoms with Gasteiger partial charge in [-0.3, -0.25) is 0 Å². The molecule has 0 bridgehead atoms. The molecule has 0 aromatic carbocycles. The molecule has 0 aliphatic carbocycles. The number of thioether (sulfide) groups is 1. The molecule has 2 aromatic rings. The maximum Gasteiger partial charge on any atom is 0.0605 e. The van der Waals surface area contributed by atoms with Gasteiger partial charge in [0.05, 0.1) is 4.21 Å². The molecule has 14 heavy (non-hydrogen) atoms. The van der Waals surface area contributed by atoms with E-state index in [1.807, 2.05) is 23.1 Å². The van der Waals surface area contributed by atoms with E-state index in [2.05, 4.69) is 29.6 Å². The molecule has 0 nitrogen and oxygen atoms in total. The number of hydrogen-bond acceptors (Lipinski definition) is 3. The minimum Gasteiger partial charge on any atom is -0.143 e. The lowest BCUT2D eigenvalue weighted by molar-refractivity contribution is 1.52. The van der Waals surface area contributed by atoms with E-state index in [-0.39, 0.29) is 0 Å². The van der Waals surface area contributed by atoms with Crippen molar-refractivity contribution in [2.45, 2.75) is 4.21 Å². The molecule has 0 spiro atoms. The van der Waals surface area contributed by atoms with Crippen molar-refractivity contribution in [2.75, 3.05) is 11.6 Å². The SMILES string of the molecule is ClCCSc1ccc(-c2cccs2)s1. The molecule has 0 atom stereocenters. The maximum atomic E-state index is 5.64. The third kappa shape index (κ3) is 2.54. The van der Waals surface area contributed by atoms with Crippen LogP contribution < -0.4 is 0 Å². The highest BCUT2D eigenvalue weighted by molar-refractivity contribution is 8.01. The zero-order valence-electron chi connectivity index (χ0n) is 7.40. The molecule has 0 saturated carbocycles. The molecule has 0 amide bonds. The number of hydrogen-bond donors (Lipinski definition) is 0. The summed E-state index contributed by atoms with van der Waals surface area (Å²) in [6.45, 7) is 0. The first-order valence-electron chi connectivity index (χ1n) is 4.22. The van der Waals surface area contributed by atoms with Crippen LogP contribution in [0.3, 0.4) is 0 Å². The highest BCUT2D eigenvalue weighted by atomic mass is 35.5. The first kappa shape index (κ1) is 10.6. The van der Waals surface area contributed by atoms with Crippen LogP contribution in [0.5, 0.6) is 0 Å². The highest BCUT2D eigenvalue weighted by Crippen LogP contribution is 2.35. The molecule has 0 saturated heterocycles. The standard InChI is InChI=1S/C10H9ClS3/c11-5-7-13-10-4-3-9(14-10)8-2-1-6-12-8/h1-4,6H,5,7H2. The molecule has 2 heterocycles. The van der Waals surface area contributed by atoms with Crippen LogP contribution in [0.2, 0.25) is 0 Å². The molecule has 2 rings (SSSR count). The third-order valence-electron chi connectivity index (χ3n) is 1.67. The average molecular weight is 261 g/mol. The fourth-order valence-corrected chi connectivity index (χ4v) is 4.09. The van der Waals surface area contributed by atoms with Crippen LogP contribution in [0.1, 0.15) is 0 Å². The summed E-state index contributed by atoms with van der Waals surface area (Å²) in [5, 5.41) is 2.11. The van der Waals surface area contributed by atoms with E-state index < -0.39 is 0 Å². The summed E-state index contributed by atoms with van der Waals surface area (Å²) in [4.78, 5) is 2.71. The fourth-order valence-electron chi connectivity index (χ4n) is 1.09. The van der Waals surface area contributed by atoms with Gasteiger partial charge in [0.1, 0.15) is 0 Å². The van der Waals surface area contributed by atoms with Crippen LogP contribution in [0.25, 0.3) is 9.75 Å². The molecule has 74 valence electrons. The second-order valence-electron chi connectivity index (χ2n) is 2.63. The molecule has 2 aromatic heterocycles. The summed E-state index contributed by atoms with van der Waals surface area (Å²) in [7, 11) is 0. The monoisotopic (exact) mass is 260 g/mol. The lowest BCUT2D eigenvalue weighted by atomic mass is 10.4. The minimum absolute atomic E-state index is 0.719. The summed E-state index contributed by atoms with van der Waals surface area (Å²) in [5.41, 5.74) is 0. The van der Waals surface area contributed by atoms with Gasteiger partial charge in [-0.05, 0) is 23.6 Å². The van der Waals surface area contributed by atoms with Crippen molar-refractivity contribution < 1.29 is 0 Å². The number of rotatable bonds is 4. The summed E-state index contributed by atoms with van der Waals surface area (Å²) < 4.78 is 1.36. The van der Waals surface area contributed by atoms with Crippen molar-refractivity contribution in [2.24, 2.45) is 0 Å². The first-order valence-corrected chi connectivity index (χ1v) is 7.44. The van der Waals surface area contributed by atoms with Crippen LogP contribution in [0.15, 0.2) is 33.9 Å². The smallest absolute Gasteiger partial charge is 0.0605 e. The Morgan fingerprint density at radius 3 is 2.86 bits per heavy atom. The van der Waals surface area contributed by atoms with E-state index in [1.54, 1.807) is 11.3 Å². The molecule has 0 radical (unpaired) electrons. The fraction of sp³-hybridized carbons (Fsp3) is 0.200. The number of thiophene rings is 2. The van der Waals surface area contributed by atoms with Gasteiger partial charge < -0.3 is 0 Å². The zero-order valence-corrected chi connectivity index (χ0v) is 10.6. The van der Waals surface area contributed by atoms with Gasteiger partial charge in [-0.15, -0.1) is 46.0 Å². The van der Waals surface area contributed by atoms with Crippen LogP contribution in [-0.2, 0) is 0 Å². The van der Waals surface area contributed by atoms with E-state index in [0.29, 0.717) is 0 Å². The predicted molar refractivity (Wildman–Crippen MR) is 69.1 cm³/mol. The number of halogens is 1. The van der Waals surface area contributed by atoms with Crippen molar-refractivity contribution in [1.82, 2.24) is 0 Å². The van der Waals surface area contributed by atoms with Crippen LogP contribution in [0.4, 0.5) is 0 Å². The summed E-state index contributed by atoms with van der Waals surface area (Å²) >= 11 is 11.1. The van der Waals surface area contributed by atoms with E-state index in [4.69, 9.17) is 11.6 Å². The molecule has 0 N–H and O–H groups in total. The van der Waals surface area contributed by atoms with Gasteiger partial charge in [-0.25, -0.2) is 0 Å². The van der Waals surface area contributed by atoms with Gasteiger partial charge in [0.25, 0.3) is 0 Å². The molecule has 0 aliphatic heterocycles. The number of alkyl halides is 1. The van der Waals surface area contributed by atoms with Crippen molar-refractivity contribution in [3.63, 3.8) is 0 Å². The zero-order chi connectivity index (χ0) is 9.80. The lowest BCUT2D eigenvalue weighted by Gasteiger charge is -1.91. The quantitative estimate of drug-likeness (QED) is 0.562. The maximum absolute atomic E-state index is 5.64. The molecular formula is C10H9ClS3. The van der Waals surface area contributed by atoms with Gasteiger partial charge in [0.15, 0.2) is 0 Å². The summed E-state index contributed by atoms with van der Waals surface area (Å²) in [5.74, 6) is 1.71. The summed E-state index contributed by atoms with van der Waals surface area (Å²) in [6.07, 6.45) is 0. The van der Waals surface area contributed by atoms with E-state index in [0.717, 1.165) is 11.6 Å². The Morgan fingerprint density at radius 1 is 1.21 bits per heavy atom. The van der Waals surface area contributed by atoms with Crippen LogP contribution in [0, 0.1) is 0 Å². The van der Waals surface area contributed by atoms with Crippen molar-refractivity contribution >= 4 is 46.0 Å². The molecular weight excluding hydrogens is 252 g/mol. The van der Waals surface area contributed by atoms with Gasteiger partial charge in [0.2, 0.25) is 0 Å². The van der Waals surface area contributed by atoms with E-state index >= 15 is 0 Å². The largest absolute Gasteiger partial charge is 0.143 e. The van der Waals surface area contributed by atoms with Crippen LogP contribution in [-0.4, -0.2) is 11.6 Å². The average Bonchev–Trinajstić information content (AvgIpc) is 2.85. The Hall–Kier alpha value is 0.0400. The Balaban J connectivity index is 2.10. The van der Waals surface area contributed by atoms with E-state index in [1.165, 1.54) is 14.0 Å². The highest BCUT2D eigenvalue weighted by Gasteiger charge is 2.03. The van der Waals surface area contributed by atoms with Gasteiger partial charge >= 0.3 is 0 Å². The first-order chi connectivity index (χ1) is 6.90. The van der Waals surface area contributed by atoms with Gasteiger partial charge in [0, 0.05) is 21.4 Å². The molecule has 0 unspecified atom stereocenters. The van der Waals surface area contributed by atoms with Crippen molar-refractivity contribution in [3.05, 3.63) is 29.6 Å². The van der Waals surface area contributed by atoms with Crippen molar-refractivity contribution in [3.8, 4) is 9.75 Å². The van der Waals surface area contributed by atoms with Crippen LogP contribution >= 0.6 is 46.0 Å². The topological polar surface area (TPSA) is 0 Å². The molecule has 4 heteroatoms. The Labute approximate surface area is 101 Å². The Kier molecular flexibility index (Phi) is 3.93. The second-order valence-corrected chi connectivity index (χ2v) is 6.44. The lowest BCUT2D eigenvalue weighted by Crippen LogP contribution is -1.74. The van der Waals surface area contributed by atoms with Gasteiger partial charge in [-0.1, -0.05) is 6.07 Å². The Morgan fingerprint density at radius 2 is 2.14 bits per heavy atom. The normalized spacial score (nSPS) is 10.6. The van der Waals surface area contributed by atoms with Gasteiger partial charge in [-0.2, -0.15) is 0 Å². The third-order valence-corrected chi connectivity index (χ3v) is 5.46. The van der Waals surface area contributed by atoms with E-state index in [9.17, 15) is 0 Å². The Bertz CT molecular complexity index is 378. The van der Waals surface area contributed by atoms with Crippen molar-refractivity contribution in [1.29, 1.82) is 0 Å². The minimum atomic E-state index is 0.719.